The number of aryl methyl sites for hydroxylation is 4. The van der Waals surface area contributed by atoms with Crippen molar-refractivity contribution in [3.05, 3.63) is 95.1 Å². The third-order valence-corrected chi connectivity index (χ3v) is 5.85. The van der Waals surface area contributed by atoms with E-state index in [0.717, 1.165) is 48.2 Å². The summed E-state index contributed by atoms with van der Waals surface area (Å²) >= 11 is 1.30. The van der Waals surface area contributed by atoms with Crippen LogP contribution in [0, 0.1) is 0 Å². The summed E-state index contributed by atoms with van der Waals surface area (Å²) < 4.78 is 9.25. The van der Waals surface area contributed by atoms with Crippen LogP contribution in [0.25, 0.3) is 22.5 Å². The predicted octanol–water partition coefficient (Wildman–Crippen LogP) is 5.76. The molecule has 0 unspecified atom stereocenters. The van der Waals surface area contributed by atoms with Crippen molar-refractivity contribution in [2.75, 3.05) is 0 Å². The van der Waals surface area contributed by atoms with E-state index in [9.17, 15) is 0 Å². The highest BCUT2D eigenvalue weighted by Crippen LogP contribution is 2.31. The molecule has 3 aromatic carbocycles. The Morgan fingerprint density at radius 2 is 0.963 bits per heavy atom. The van der Waals surface area contributed by atoms with Gasteiger partial charge in [0.25, 0.3) is 0 Å². The van der Waals surface area contributed by atoms with Gasteiger partial charge >= 0.3 is 0 Å². The molecular weight excluding hydrogens is 348 g/mol. The van der Waals surface area contributed by atoms with Crippen molar-refractivity contribution in [2.24, 2.45) is 0 Å². The first-order valence-corrected chi connectivity index (χ1v) is 10.2. The molecule has 0 N–H and O–H groups in total. The van der Waals surface area contributed by atoms with Crippen LogP contribution >= 0.6 is 11.7 Å². The molecule has 0 amide bonds. The number of hydrogen-bond acceptors (Lipinski definition) is 3. The Morgan fingerprint density at radius 1 is 0.519 bits per heavy atom. The molecule has 0 radical (unpaired) electrons. The Balaban J connectivity index is 1.64. The molecule has 2 aliphatic carbocycles. The van der Waals surface area contributed by atoms with Gasteiger partial charge in [0, 0.05) is 11.1 Å². The summed E-state index contributed by atoms with van der Waals surface area (Å²) in [6.45, 7) is 0. The van der Waals surface area contributed by atoms with E-state index >= 15 is 0 Å². The molecule has 1 aromatic heterocycles. The molecule has 0 fully saturated rings. The number of aromatic nitrogens is 2. The van der Waals surface area contributed by atoms with Gasteiger partial charge < -0.3 is 0 Å². The smallest absolute Gasteiger partial charge is 0.112 e. The van der Waals surface area contributed by atoms with Crippen molar-refractivity contribution in [3.8, 4) is 22.5 Å². The van der Waals surface area contributed by atoms with E-state index < -0.39 is 0 Å². The lowest BCUT2D eigenvalue weighted by Gasteiger charge is -2.09. The quantitative estimate of drug-likeness (QED) is 0.394. The van der Waals surface area contributed by atoms with Gasteiger partial charge in [-0.05, 0) is 60.1 Å². The normalized spacial score (nSPS) is 13.3. The summed E-state index contributed by atoms with van der Waals surface area (Å²) in [5.41, 5.74) is 9.79. The van der Waals surface area contributed by atoms with Crippen LogP contribution < -0.4 is 0 Å². The first-order chi connectivity index (χ1) is 13.3. The van der Waals surface area contributed by atoms with Crippen LogP contribution in [0.15, 0.2) is 72.8 Å². The number of nitrogens with zero attached hydrogens (tertiary/aromatic N) is 2. The van der Waals surface area contributed by atoms with E-state index in [1.807, 2.05) is 0 Å². The molecule has 3 heteroatoms. The summed E-state index contributed by atoms with van der Waals surface area (Å²) in [5.74, 6) is 0. The van der Waals surface area contributed by atoms with Crippen LogP contribution in [-0.2, 0) is 25.7 Å². The summed E-state index contributed by atoms with van der Waals surface area (Å²) in [6.07, 6.45) is 4.20. The standard InChI is InChI=1S/C24H20N2S/c1-3-19-13-11-17-7-9-18(10-8-17)12-14-20-4-2-6-22(16-20)24-23(25-27-26-24)21(5-1)15-19/h1-10,15-16H,11-14H2. The van der Waals surface area contributed by atoms with Crippen LogP contribution in [0.3, 0.4) is 0 Å². The van der Waals surface area contributed by atoms with Gasteiger partial charge in [-0.1, -0.05) is 60.7 Å². The van der Waals surface area contributed by atoms with E-state index in [-0.39, 0.29) is 0 Å². The van der Waals surface area contributed by atoms with E-state index in [2.05, 4.69) is 81.5 Å². The maximum absolute atomic E-state index is 4.62. The minimum Gasteiger partial charge on any atom is -0.172 e. The number of rotatable bonds is 0. The molecule has 1 heterocycles. The van der Waals surface area contributed by atoms with Crippen LogP contribution in [0.5, 0.6) is 0 Å². The second-order valence-corrected chi connectivity index (χ2v) is 7.71. The van der Waals surface area contributed by atoms with Gasteiger partial charge in [-0.2, -0.15) is 8.75 Å². The molecule has 6 bridgehead atoms. The number of benzene rings is 3. The highest BCUT2D eigenvalue weighted by Gasteiger charge is 2.14. The first-order valence-electron chi connectivity index (χ1n) is 9.44. The Labute approximate surface area is 163 Å². The predicted molar refractivity (Wildman–Crippen MR) is 112 cm³/mol. The van der Waals surface area contributed by atoms with Crippen molar-refractivity contribution in [1.29, 1.82) is 0 Å². The molecule has 2 nitrogen and oxygen atoms in total. The fourth-order valence-electron chi connectivity index (χ4n) is 3.77. The van der Waals surface area contributed by atoms with Gasteiger partial charge in [-0.15, -0.1) is 0 Å². The van der Waals surface area contributed by atoms with Crippen molar-refractivity contribution in [3.63, 3.8) is 0 Å². The lowest BCUT2D eigenvalue weighted by atomic mass is 9.96. The van der Waals surface area contributed by atoms with Crippen LogP contribution in [0.2, 0.25) is 0 Å². The minimum absolute atomic E-state index is 0.995. The third kappa shape index (κ3) is 3.43. The van der Waals surface area contributed by atoms with Crippen LogP contribution in [0.4, 0.5) is 0 Å². The van der Waals surface area contributed by atoms with Crippen LogP contribution in [-0.4, -0.2) is 8.75 Å². The summed E-state index contributed by atoms with van der Waals surface area (Å²) in [5, 5.41) is 0. The average Bonchev–Trinajstić information content (AvgIpc) is 3.21. The van der Waals surface area contributed by atoms with Crippen LogP contribution in [0.1, 0.15) is 22.3 Å². The zero-order valence-corrected chi connectivity index (χ0v) is 15.9. The van der Waals surface area contributed by atoms with Gasteiger partial charge in [0.2, 0.25) is 0 Å². The van der Waals surface area contributed by atoms with Gasteiger partial charge in [0.1, 0.15) is 11.4 Å². The van der Waals surface area contributed by atoms with Crippen molar-refractivity contribution < 1.29 is 0 Å². The average molecular weight is 369 g/mol. The first kappa shape index (κ1) is 16.4. The van der Waals surface area contributed by atoms with Gasteiger partial charge in [0.15, 0.2) is 0 Å². The van der Waals surface area contributed by atoms with Gasteiger partial charge in [0.05, 0.1) is 11.7 Å². The van der Waals surface area contributed by atoms with Crippen molar-refractivity contribution >= 4 is 11.7 Å². The Morgan fingerprint density at radius 3 is 1.44 bits per heavy atom. The minimum atomic E-state index is 0.995. The molecule has 0 saturated heterocycles. The SMILES string of the molecule is c1cc2cc(c1)-c1nsnc1-c1cccc(c1)CCc1ccc(cc1)CC2. The van der Waals surface area contributed by atoms with Crippen molar-refractivity contribution in [1.82, 2.24) is 8.75 Å². The zero-order valence-electron chi connectivity index (χ0n) is 15.1. The van der Waals surface area contributed by atoms with E-state index in [4.69, 9.17) is 0 Å². The largest absolute Gasteiger partial charge is 0.172 e. The number of fused-ring (bicyclic) bond motifs is 4. The molecule has 0 aliphatic heterocycles. The molecular formula is C24H20N2S. The van der Waals surface area contributed by atoms with E-state index in [1.165, 1.54) is 34.0 Å². The fraction of sp³-hybridized carbons (Fsp3) is 0.167. The molecule has 2 aliphatic rings. The summed E-state index contributed by atoms with van der Waals surface area (Å²) in [7, 11) is 0. The van der Waals surface area contributed by atoms with Crippen molar-refractivity contribution in [2.45, 2.75) is 25.7 Å². The van der Waals surface area contributed by atoms with Gasteiger partial charge in [-0.3, -0.25) is 0 Å². The zero-order chi connectivity index (χ0) is 18.1. The fourth-order valence-corrected chi connectivity index (χ4v) is 4.35. The second kappa shape index (κ2) is 7.09. The monoisotopic (exact) mass is 368 g/mol. The summed E-state index contributed by atoms with van der Waals surface area (Å²) in [6, 6.07) is 26.6. The second-order valence-electron chi connectivity index (χ2n) is 7.18. The topological polar surface area (TPSA) is 25.8 Å². The summed E-state index contributed by atoms with van der Waals surface area (Å²) in [4.78, 5) is 0. The maximum Gasteiger partial charge on any atom is 0.112 e. The molecule has 6 rings (SSSR count). The van der Waals surface area contributed by atoms with E-state index in [1.54, 1.807) is 0 Å². The Kier molecular flexibility index (Phi) is 4.30. The maximum atomic E-state index is 4.62. The number of hydrogen-bond donors (Lipinski definition) is 0. The van der Waals surface area contributed by atoms with E-state index in [0.29, 0.717) is 0 Å². The molecule has 27 heavy (non-hydrogen) atoms. The highest BCUT2D eigenvalue weighted by molar-refractivity contribution is 6.99. The molecule has 0 spiro atoms. The molecule has 132 valence electrons. The van der Waals surface area contributed by atoms with Gasteiger partial charge in [-0.25, -0.2) is 0 Å². The lowest BCUT2D eigenvalue weighted by Crippen LogP contribution is -1.96. The third-order valence-electron chi connectivity index (χ3n) is 5.32. The Hall–Kier alpha value is -2.78. The molecule has 0 atom stereocenters. The molecule has 0 saturated carbocycles. The Bertz CT molecular complexity index is 995. The molecule has 4 aromatic rings. The highest BCUT2D eigenvalue weighted by atomic mass is 32.1. The lowest BCUT2D eigenvalue weighted by molar-refractivity contribution is 0.940.